The molecule has 7 nitrogen and oxygen atoms in total. The van der Waals surface area contributed by atoms with Crippen molar-refractivity contribution in [3.8, 4) is 0 Å². The van der Waals surface area contributed by atoms with Crippen LogP contribution in [0, 0.1) is 5.92 Å². The van der Waals surface area contributed by atoms with Crippen molar-refractivity contribution in [2.45, 2.75) is 25.0 Å². The number of piperidine rings is 1. The molecule has 0 bridgehead atoms. The maximum atomic E-state index is 12.3. The van der Waals surface area contributed by atoms with Crippen LogP contribution in [0.4, 0.5) is 4.79 Å². The summed E-state index contributed by atoms with van der Waals surface area (Å²) in [5.74, 6) is -1.62. The Labute approximate surface area is 111 Å². The fourth-order valence-electron chi connectivity index (χ4n) is 2.65. The van der Waals surface area contributed by atoms with Crippen LogP contribution in [0.1, 0.15) is 12.8 Å². The summed E-state index contributed by atoms with van der Waals surface area (Å²) < 4.78 is 5.17. The molecule has 3 unspecified atom stereocenters. The number of carbonyl (C=O) groups is 2. The standard InChI is InChI=1S/C12H20N2O5/c1-13(10-7-19-6-9(10)11(16)17)12(18)14-4-2-3-8(15)5-14/h8-10,15H,2-7H2,1H3,(H,16,17). The summed E-state index contributed by atoms with van der Waals surface area (Å²) in [6.45, 7) is 1.30. The van der Waals surface area contributed by atoms with Crippen molar-refractivity contribution in [1.82, 2.24) is 9.80 Å². The molecule has 0 aromatic heterocycles. The molecule has 0 radical (unpaired) electrons. The third kappa shape index (κ3) is 2.98. The number of carboxylic acids is 1. The van der Waals surface area contributed by atoms with Crippen LogP contribution in [0.2, 0.25) is 0 Å². The van der Waals surface area contributed by atoms with Crippen LogP contribution in [-0.4, -0.2) is 77.5 Å². The lowest BCUT2D eigenvalue weighted by Crippen LogP contribution is -2.53. The van der Waals surface area contributed by atoms with E-state index < -0.39 is 24.0 Å². The zero-order valence-electron chi connectivity index (χ0n) is 11.0. The smallest absolute Gasteiger partial charge is 0.320 e. The van der Waals surface area contributed by atoms with Gasteiger partial charge < -0.3 is 24.7 Å². The Kier molecular flexibility index (Phi) is 4.26. The number of carboxylic acid groups (broad SMARTS) is 1. The van der Waals surface area contributed by atoms with Crippen molar-refractivity contribution in [3.05, 3.63) is 0 Å². The van der Waals surface area contributed by atoms with E-state index in [0.29, 0.717) is 19.5 Å². The zero-order chi connectivity index (χ0) is 14.0. The molecule has 2 aliphatic heterocycles. The van der Waals surface area contributed by atoms with Gasteiger partial charge in [0.05, 0.1) is 25.4 Å². The third-order valence-electron chi connectivity index (χ3n) is 3.83. The van der Waals surface area contributed by atoms with E-state index in [2.05, 4.69) is 0 Å². The highest BCUT2D eigenvalue weighted by Crippen LogP contribution is 2.21. The highest BCUT2D eigenvalue weighted by atomic mass is 16.5. The van der Waals surface area contributed by atoms with E-state index in [4.69, 9.17) is 9.84 Å². The number of likely N-dealkylation sites (N-methyl/N-ethyl adjacent to an activating group) is 1. The van der Waals surface area contributed by atoms with Crippen LogP contribution in [0.25, 0.3) is 0 Å². The number of urea groups is 1. The van der Waals surface area contributed by atoms with Gasteiger partial charge in [-0.05, 0) is 12.8 Å². The van der Waals surface area contributed by atoms with E-state index in [0.717, 1.165) is 6.42 Å². The molecule has 0 saturated carbocycles. The molecule has 2 fully saturated rings. The highest BCUT2D eigenvalue weighted by molar-refractivity contribution is 5.77. The van der Waals surface area contributed by atoms with E-state index in [1.807, 2.05) is 0 Å². The quantitative estimate of drug-likeness (QED) is 0.713. The summed E-state index contributed by atoms with van der Waals surface area (Å²) in [5.41, 5.74) is 0. The van der Waals surface area contributed by atoms with Crippen LogP contribution < -0.4 is 0 Å². The summed E-state index contributed by atoms with van der Waals surface area (Å²) in [5, 5.41) is 18.7. The second-order valence-corrected chi connectivity index (χ2v) is 5.19. The Morgan fingerprint density at radius 2 is 2.11 bits per heavy atom. The number of likely N-dealkylation sites (tertiary alicyclic amines) is 1. The van der Waals surface area contributed by atoms with Crippen LogP contribution in [-0.2, 0) is 9.53 Å². The average molecular weight is 272 g/mol. The molecule has 3 atom stereocenters. The van der Waals surface area contributed by atoms with E-state index in [1.54, 1.807) is 11.9 Å². The molecular formula is C12H20N2O5. The van der Waals surface area contributed by atoms with E-state index >= 15 is 0 Å². The van der Waals surface area contributed by atoms with Gasteiger partial charge in [-0.25, -0.2) is 4.79 Å². The minimum atomic E-state index is -0.944. The predicted octanol–water partition coefficient (Wildman–Crippen LogP) is -0.405. The van der Waals surface area contributed by atoms with E-state index in [-0.39, 0.29) is 19.2 Å². The Morgan fingerprint density at radius 1 is 1.37 bits per heavy atom. The lowest BCUT2D eigenvalue weighted by atomic mass is 10.0. The average Bonchev–Trinajstić information content (AvgIpc) is 2.86. The minimum Gasteiger partial charge on any atom is -0.481 e. The lowest BCUT2D eigenvalue weighted by Gasteiger charge is -2.36. The normalized spacial score (nSPS) is 31.3. The molecule has 0 aromatic carbocycles. The first kappa shape index (κ1) is 14.1. The summed E-state index contributed by atoms with van der Waals surface area (Å²) >= 11 is 0. The zero-order valence-corrected chi connectivity index (χ0v) is 11.0. The van der Waals surface area contributed by atoms with Crippen molar-refractivity contribution in [1.29, 1.82) is 0 Å². The Balaban J connectivity index is 2.00. The number of carbonyl (C=O) groups excluding carboxylic acids is 1. The van der Waals surface area contributed by atoms with Gasteiger partial charge >= 0.3 is 12.0 Å². The minimum absolute atomic E-state index is 0.139. The molecule has 0 aromatic rings. The molecule has 0 spiro atoms. The molecule has 2 N–H and O–H groups in total. The molecule has 0 aliphatic carbocycles. The van der Waals surface area contributed by atoms with Crippen LogP contribution in [0.15, 0.2) is 0 Å². The van der Waals surface area contributed by atoms with Gasteiger partial charge in [0.15, 0.2) is 0 Å². The number of hydrogen-bond acceptors (Lipinski definition) is 4. The molecule has 2 rings (SSSR count). The maximum absolute atomic E-state index is 12.3. The number of hydrogen-bond donors (Lipinski definition) is 2. The largest absolute Gasteiger partial charge is 0.481 e. The van der Waals surface area contributed by atoms with Crippen LogP contribution in [0.5, 0.6) is 0 Å². The second-order valence-electron chi connectivity index (χ2n) is 5.19. The first-order valence-corrected chi connectivity index (χ1v) is 6.51. The van der Waals surface area contributed by atoms with E-state index in [1.165, 1.54) is 4.90 Å². The number of aliphatic hydroxyl groups excluding tert-OH is 1. The predicted molar refractivity (Wildman–Crippen MR) is 65.7 cm³/mol. The van der Waals surface area contributed by atoms with Crippen molar-refractivity contribution >= 4 is 12.0 Å². The number of rotatable bonds is 2. The van der Waals surface area contributed by atoms with Gasteiger partial charge in [-0.3, -0.25) is 4.79 Å². The maximum Gasteiger partial charge on any atom is 0.320 e. The summed E-state index contributed by atoms with van der Waals surface area (Å²) in [6, 6.07) is -0.676. The monoisotopic (exact) mass is 272 g/mol. The summed E-state index contributed by atoms with van der Waals surface area (Å²) in [7, 11) is 1.60. The van der Waals surface area contributed by atoms with Gasteiger partial charge in [-0.15, -0.1) is 0 Å². The number of aliphatic carboxylic acids is 1. The Bertz CT molecular complexity index is 362. The van der Waals surface area contributed by atoms with Gasteiger partial charge in [-0.1, -0.05) is 0 Å². The van der Waals surface area contributed by atoms with Crippen molar-refractivity contribution in [2.24, 2.45) is 5.92 Å². The Hall–Kier alpha value is -1.34. The molecule has 108 valence electrons. The molecular weight excluding hydrogens is 252 g/mol. The molecule has 2 aliphatic rings. The van der Waals surface area contributed by atoms with Crippen LogP contribution in [0.3, 0.4) is 0 Å². The fourth-order valence-corrected chi connectivity index (χ4v) is 2.65. The summed E-state index contributed by atoms with van der Waals surface area (Å²) in [4.78, 5) is 26.4. The fraction of sp³-hybridized carbons (Fsp3) is 0.833. The molecule has 7 heteroatoms. The number of aliphatic hydroxyl groups is 1. The third-order valence-corrected chi connectivity index (χ3v) is 3.83. The van der Waals surface area contributed by atoms with E-state index in [9.17, 15) is 14.7 Å². The molecule has 2 heterocycles. The van der Waals surface area contributed by atoms with Crippen molar-refractivity contribution in [2.75, 3.05) is 33.4 Å². The number of β-amino-alcohol motifs (C(OH)–C–C–N with tert-alkyl or cyclic N) is 1. The first-order valence-electron chi connectivity index (χ1n) is 6.51. The number of amides is 2. The van der Waals surface area contributed by atoms with Crippen molar-refractivity contribution in [3.63, 3.8) is 0 Å². The highest BCUT2D eigenvalue weighted by Gasteiger charge is 2.40. The number of nitrogens with zero attached hydrogens (tertiary/aromatic N) is 2. The Morgan fingerprint density at radius 3 is 2.74 bits per heavy atom. The van der Waals surface area contributed by atoms with Gasteiger partial charge in [0, 0.05) is 20.1 Å². The lowest BCUT2D eigenvalue weighted by molar-refractivity contribution is -0.142. The topological polar surface area (TPSA) is 90.3 Å². The molecule has 2 amide bonds. The van der Waals surface area contributed by atoms with Gasteiger partial charge in [-0.2, -0.15) is 0 Å². The van der Waals surface area contributed by atoms with Gasteiger partial charge in [0.1, 0.15) is 5.92 Å². The second kappa shape index (κ2) is 5.75. The molecule has 19 heavy (non-hydrogen) atoms. The first-order chi connectivity index (χ1) is 9.00. The van der Waals surface area contributed by atoms with Crippen molar-refractivity contribution < 1.29 is 24.5 Å². The SMILES string of the molecule is CN(C(=O)N1CCCC(O)C1)C1COCC1C(=O)O. The molecule has 2 saturated heterocycles. The number of ether oxygens (including phenoxy) is 1. The van der Waals surface area contributed by atoms with Gasteiger partial charge in [0.2, 0.25) is 0 Å². The van der Waals surface area contributed by atoms with Gasteiger partial charge in [0.25, 0.3) is 0 Å². The van der Waals surface area contributed by atoms with Crippen LogP contribution >= 0.6 is 0 Å². The summed E-state index contributed by atoms with van der Waals surface area (Å²) in [6.07, 6.45) is 0.989.